The van der Waals surface area contributed by atoms with Gasteiger partial charge >= 0.3 is 0 Å². The van der Waals surface area contributed by atoms with Crippen LogP contribution in [0, 0.1) is 0 Å². The van der Waals surface area contributed by atoms with Gasteiger partial charge in [-0.3, -0.25) is 15.4 Å². The zero-order valence-corrected chi connectivity index (χ0v) is 15.0. The van der Waals surface area contributed by atoms with Crippen LogP contribution in [-0.4, -0.2) is 48.0 Å². The maximum atomic E-state index is 9.46. The maximum absolute atomic E-state index is 9.46. The lowest BCUT2D eigenvalue weighted by Crippen LogP contribution is -2.22. The van der Waals surface area contributed by atoms with Gasteiger partial charge in [0.05, 0.1) is 24.5 Å². The third-order valence-corrected chi connectivity index (χ3v) is 3.76. The molecule has 3 aromatic rings. The molecule has 27 heavy (non-hydrogen) atoms. The summed E-state index contributed by atoms with van der Waals surface area (Å²) in [4.78, 5) is 4.25. The first kappa shape index (κ1) is 18.8. The molecule has 0 spiro atoms. The van der Waals surface area contributed by atoms with Crippen LogP contribution in [0.15, 0.2) is 40.1 Å². The molecule has 0 aliphatic carbocycles. The number of rotatable bonds is 7. The normalized spacial score (nSPS) is 12.8. The Hall–Kier alpha value is -3.02. The van der Waals surface area contributed by atoms with Crippen molar-refractivity contribution in [3.05, 3.63) is 46.9 Å². The summed E-state index contributed by atoms with van der Waals surface area (Å²) < 4.78 is 6.32. The van der Waals surface area contributed by atoms with Crippen LogP contribution in [0.4, 0.5) is 11.5 Å². The molecule has 0 aliphatic rings. The number of nitrogens with zero attached hydrogens (tertiary/aromatic N) is 6. The Labute approximate surface area is 158 Å². The Morgan fingerprint density at radius 3 is 2.78 bits per heavy atom. The van der Waals surface area contributed by atoms with Crippen molar-refractivity contribution >= 4 is 28.9 Å². The third-order valence-electron chi connectivity index (χ3n) is 3.50. The van der Waals surface area contributed by atoms with E-state index >= 15 is 0 Å². The molecule has 0 saturated heterocycles. The lowest BCUT2D eigenvalue weighted by atomic mass is 10.3. The summed E-state index contributed by atoms with van der Waals surface area (Å²) in [6.45, 7) is 2.50. The lowest BCUT2D eigenvalue weighted by Gasteiger charge is -2.05. The average Bonchev–Trinajstić information content (AvgIpc) is 3.31. The van der Waals surface area contributed by atoms with Gasteiger partial charge in [-0.25, -0.2) is 9.62 Å². The number of hydrogen-bond acceptors (Lipinski definition) is 9. The molecule has 2 aromatic heterocycles. The first-order chi connectivity index (χ1) is 13.1. The maximum Gasteiger partial charge on any atom is 0.202 e. The van der Waals surface area contributed by atoms with Gasteiger partial charge in [0.2, 0.25) is 5.82 Å². The van der Waals surface area contributed by atoms with E-state index in [1.165, 1.54) is 0 Å². The molecule has 12 heteroatoms. The number of anilines is 1. The molecule has 4 N–H and O–H groups in total. The van der Waals surface area contributed by atoms with E-state index in [-0.39, 0.29) is 11.5 Å². The van der Waals surface area contributed by atoms with Crippen LogP contribution in [0.3, 0.4) is 0 Å². The van der Waals surface area contributed by atoms with Crippen molar-refractivity contribution in [2.45, 2.75) is 19.6 Å². The molecule has 2 heterocycles. The fraction of sp³-hybridized carbons (Fsp3) is 0.267. The highest BCUT2D eigenvalue weighted by Crippen LogP contribution is 2.18. The van der Waals surface area contributed by atoms with E-state index in [2.05, 4.69) is 30.9 Å². The molecule has 0 amide bonds. The molecule has 142 valence electrons. The molecule has 0 fully saturated rings. The second-order valence-electron chi connectivity index (χ2n) is 5.52. The van der Waals surface area contributed by atoms with Crippen molar-refractivity contribution in [3.8, 4) is 0 Å². The van der Waals surface area contributed by atoms with Crippen LogP contribution < -0.4 is 10.8 Å². The molecule has 0 radical (unpaired) electrons. The van der Waals surface area contributed by atoms with E-state index in [0.717, 1.165) is 0 Å². The van der Waals surface area contributed by atoms with Gasteiger partial charge in [-0.1, -0.05) is 16.8 Å². The van der Waals surface area contributed by atoms with Gasteiger partial charge in [-0.05, 0) is 41.5 Å². The fourth-order valence-corrected chi connectivity index (χ4v) is 2.26. The molecule has 1 aromatic carbocycles. The van der Waals surface area contributed by atoms with Crippen molar-refractivity contribution in [3.63, 3.8) is 0 Å². The van der Waals surface area contributed by atoms with Crippen molar-refractivity contribution in [1.82, 2.24) is 30.8 Å². The van der Waals surface area contributed by atoms with E-state index in [1.54, 1.807) is 42.1 Å². The predicted molar refractivity (Wildman–Crippen MR) is 96.0 cm³/mol. The summed E-state index contributed by atoms with van der Waals surface area (Å²) in [5.41, 5.74) is 3.24. The number of nitrogens with one attached hydrogen (secondary N) is 2. The standard InChI is InChI=1S/C15H17ClN8O3/c1-9(25)12-8-24(23-19-12)7-6-17-14-13(21-27-22-14)15(20-26)18-11-4-2-10(16)3-5-11/h2-5,8-9,25-26H,6-7H2,1H3,(H,17,22)(H,18,20). The number of benzene rings is 1. The van der Waals surface area contributed by atoms with Crippen LogP contribution in [-0.2, 0) is 6.54 Å². The Balaban J connectivity index is 1.67. The first-order valence-electron chi connectivity index (χ1n) is 7.96. The third kappa shape index (κ3) is 4.78. The van der Waals surface area contributed by atoms with Gasteiger partial charge in [0, 0.05) is 11.6 Å². The van der Waals surface area contributed by atoms with Crippen LogP contribution in [0.1, 0.15) is 24.4 Å². The zero-order valence-electron chi connectivity index (χ0n) is 14.2. The molecule has 1 unspecified atom stereocenters. The Kier molecular flexibility index (Phi) is 5.96. The molecule has 1 atom stereocenters. The van der Waals surface area contributed by atoms with Crippen molar-refractivity contribution in [2.24, 2.45) is 4.99 Å². The first-order valence-corrected chi connectivity index (χ1v) is 8.34. The van der Waals surface area contributed by atoms with E-state index in [1.807, 2.05) is 5.48 Å². The fourth-order valence-electron chi connectivity index (χ4n) is 2.14. The van der Waals surface area contributed by atoms with E-state index in [9.17, 15) is 10.3 Å². The summed E-state index contributed by atoms with van der Waals surface area (Å²) in [5.74, 6) is 0.346. The van der Waals surface area contributed by atoms with E-state index in [0.29, 0.717) is 35.3 Å². The minimum atomic E-state index is -0.680. The number of aliphatic hydroxyl groups is 1. The van der Waals surface area contributed by atoms with Gasteiger partial charge in [0.15, 0.2) is 11.5 Å². The second kappa shape index (κ2) is 8.58. The number of halogens is 1. The van der Waals surface area contributed by atoms with Gasteiger partial charge < -0.3 is 10.4 Å². The summed E-state index contributed by atoms with van der Waals surface area (Å²) in [6, 6.07) is 6.72. The highest BCUT2D eigenvalue weighted by Gasteiger charge is 2.16. The summed E-state index contributed by atoms with van der Waals surface area (Å²) in [7, 11) is 0. The molecule has 11 nitrogen and oxygen atoms in total. The molecule has 0 saturated carbocycles. The number of amidine groups is 1. The highest BCUT2D eigenvalue weighted by atomic mass is 35.5. The van der Waals surface area contributed by atoms with Gasteiger partial charge in [-0.2, -0.15) is 0 Å². The summed E-state index contributed by atoms with van der Waals surface area (Å²) in [5, 5.41) is 37.8. The Bertz CT molecular complexity index is 906. The average molecular weight is 393 g/mol. The van der Waals surface area contributed by atoms with Gasteiger partial charge in [0.1, 0.15) is 5.69 Å². The van der Waals surface area contributed by atoms with Crippen molar-refractivity contribution in [1.29, 1.82) is 0 Å². The molecule has 3 rings (SSSR count). The molecule has 0 aliphatic heterocycles. The molecular formula is C15H17ClN8O3. The van der Waals surface area contributed by atoms with E-state index in [4.69, 9.17) is 16.2 Å². The molecule has 0 bridgehead atoms. The number of hydrogen-bond donors (Lipinski definition) is 4. The summed E-state index contributed by atoms with van der Waals surface area (Å²) >= 11 is 5.85. The lowest BCUT2D eigenvalue weighted by molar-refractivity contribution is 0.194. The highest BCUT2D eigenvalue weighted by molar-refractivity contribution is 6.30. The number of aliphatic imine (C=N–C) groups is 1. The smallest absolute Gasteiger partial charge is 0.202 e. The number of hydroxylamine groups is 1. The van der Waals surface area contributed by atoms with Crippen LogP contribution in [0.25, 0.3) is 0 Å². The van der Waals surface area contributed by atoms with Crippen LogP contribution >= 0.6 is 11.6 Å². The van der Waals surface area contributed by atoms with Crippen LogP contribution in [0.2, 0.25) is 5.02 Å². The van der Waals surface area contributed by atoms with Crippen molar-refractivity contribution < 1.29 is 14.9 Å². The van der Waals surface area contributed by atoms with Crippen molar-refractivity contribution in [2.75, 3.05) is 11.9 Å². The monoisotopic (exact) mass is 392 g/mol. The predicted octanol–water partition coefficient (Wildman–Crippen LogP) is 1.54. The quantitative estimate of drug-likeness (QED) is 0.267. The van der Waals surface area contributed by atoms with Gasteiger partial charge in [-0.15, -0.1) is 5.10 Å². The SMILES string of the molecule is CC(O)c1cn(CCNc2nonc2C(=Nc2ccc(Cl)cc2)NO)nn1. The largest absolute Gasteiger partial charge is 0.387 e. The Morgan fingerprint density at radius 2 is 2.11 bits per heavy atom. The zero-order chi connectivity index (χ0) is 19.2. The van der Waals surface area contributed by atoms with Crippen LogP contribution in [0.5, 0.6) is 0 Å². The van der Waals surface area contributed by atoms with Gasteiger partial charge in [0.25, 0.3) is 0 Å². The topological polar surface area (TPSA) is 147 Å². The summed E-state index contributed by atoms with van der Waals surface area (Å²) in [6.07, 6.45) is 0.970. The van der Waals surface area contributed by atoms with E-state index < -0.39 is 6.10 Å². The minimum Gasteiger partial charge on any atom is -0.387 e. The molecular weight excluding hydrogens is 376 g/mol. The Morgan fingerprint density at radius 1 is 1.33 bits per heavy atom. The number of aromatic nitrogens is 5. The number of aliphatic hydroxyl groups excluding tert-OH is 1. The second-order valence-corrected chi connectivity index (χ2v) is 5.96. The minimum absolute atomic E-state index is 0.0539.